The van der Waals surface area contributed by atoms with Crippen LogP contribution in [0.3, 0.4) is 0 Å². The quantitative estimate of drug-likeness (QED) is 0.588. The Labute approximate surface area is 131 Å². The number of hydrogen-bond donors (Lipinski definition) is 0. The lowest BCUT2D eigenvalue weighted by Gasteiger charge is -1.98. The number of nitrogens with zero attached hydrogens (tertiary/aromatic N) is 2. The summed E-state index contributed by atoms with van der Waals surface area (Å²) in [5, 5.41) is 0. The van der Waals surface area contributed by atoms with Crippen LogP contribution in [0, 0.1) is 0 Å². The van der Waals surface area contributed by atoms with Gasteiger partial charge >= 0.3 is 0 Å². The lowest BCUT2D eigenvalue weighted by molar-refractivity contribution is -0.663. The van der Waals surface area contributed by atoms with Crippen molar-refractivity contribution in [3.8, 4) is 0 Å². The highest BCUT2D eigenvalue weighted by Gasteiger charge is 2.14. The van der Waals surface area contributed by atoms with E-state index in [2.05, 4.69) is 70.1 Å². The van der Waals surface area contributed by atoms with Crippen molar-refractivity contribution in [3.63, 3.8) is 0 Å². The molecule has 0 amide bonds. The monoisotopic (exact) mass is 302 g/mol. The van der Waals surface area contributed by atoms with Crippen LogP contribution < -0.4 is 17.0 Å². The second-order valence-corrected chi connectivity index (χ2v) is 4.90. The maximum absolute atomic E-state index is 5.19. The van der Waals surface area contributed by atoms with Crippen molar-refractivity contribution in [1.29, 1.82) is 0 Å². The minimum atomic E-state index is 0. The largest absolute Gasteiger partial charge is 1.00 e. The van der Waals surface area contributed by atoms with E-state index in [9.17, 15) is 0 Å². The Kier molecular flexibility index (Phi) is 5.37. The first-order valence-electron chi connectivity index (χ1n) is 6.88. The minimum absolute atomic E-state index is 0. The number of aromatic nitrogens is 2. The Morgan fingerprint density at radius 1 is 1.00 bits per heavy atom. The molecule has 0 spiro atoms. The summed E-state index contributed by atoms with van der Waals surface area (Å²) in [4.78, 5) is 0. The fourth-order valence-electron chi connectivity index (χ4n) is 2.52. The Balaban J connectivity index is 0.00000161. The van der Waals surface area contributed by atoms with E-state index in [1.54, 1.807) is 7.11 Å². The van der Waals surface area contributed by atoms with E-state index in [-0.39, 0.29) is 12.4 Å². The molecule has 0 radical (unpaired) electrons. The van der Waals surface area contributed by atoms with Gasteiger partial charge in [-0.05, 0) is 17.7 Å². The summed E-state index contributed by atoms with van der Waals surface area (Å²) in [5.41, 5.74) is 3.82. The number of methoxy groups -OCH3 is 1. The number of imidazole rings is 1. The second kappa shape index (κ2) is 7.25. The smallest absolute Gasteiger partial charge is 0.245 e. The molecule has 0 saturated carbocycles. The first kappa shape index (κ1) is 15.5. The lowest BCUT2D eigenvalue weighted by Crippen LogP contribution is -3.00. The summed E-state index contributed by atoms with van der Waals surface area (Å²) >= 11 is 0. The van der Waals surface area contributed by atoms with Crippen molar-refractivity contribution >= 4 is 11.0 Å². The van der Waals surface area contributed by atoms with Crippen LogP contribution in [0.5, 0.6) is 0 Å². The number of para-hydroxylation sites is 2. The third-order valence-corrected chi connectivity index (χ3v) is 3.51. The van der Waals surface area contributed by atoms with Gasteiger partial charge in [-0.1, -0.05) is 42.5 Å². The first-order chi connectivity index (χ1) is 9.88. The van der Waals surface area contributed by atoms with E-state index in [0.29, 0.717) is 0 Å². The molecule has 1 aromatic heterocycles. The van der Waals surface area contributed by atoms with E-state index in [1.807, 2.05) is 0 Å². The first-order valence-corrected chi connectivity index (χ1v) is 6.88. The molecule has 0 atom stereocenters. The summed E-state index contributed by atoms with van der Waals surface area (Å²) in [6.45, 7) is 2.49. The normalized spacial score (nSPS) is 10.5. The molecule has 3 rings (SSSR count). The summed E-state index contributed by atoms with van der Waals surface area (Å²) in [5.74, 6) is 0. The van der Waals surface area contributed by atoms with Gasteiger partial charge in [0.05, 0.1) is 6.61 Å². The number of benzene rings is 2. The summed E-state index contributed by atoms with van der Waals surface area (Å²) in [7, 11) is 1.74. The van der Waals surface area contributed by atoms with Crippen molar-refractivity contribution < 1.29 is 21.7 Å². The zero-order valence-electron chi connectivity index (χ0n) is 12.1. The van der Waals surface area contributed by atoms with Crippen molar-refractivity contribution in [2.45, 2.75) is 13.1 Å². The molecule has 110 valence electrons. The van der Waals surface area contributed by atoms with E-state index in [0.717, 1.165) is 19.7 Å². The molecule has 0 saturated heterocycles. The fraction of sp³-hybridized carbons (Fsp3) is 0.235. The lowest BCUT2D eigenvalue weighted by atomic mass is 10.2. The van der Waals surface area contributed by atoms with E-state index in [4.69, 9.17) is 4.74 Å². The van der Waals surface area contributed by atoms with Crippen LogP contribution in [-0.2, 0) is 17.8 Å². The highest BCUT2D eigenvalue weighted by molar-refractivity contribution is 5.71. The summed E-state index contributed by atoms with van der Waals surface area (Å²) < 4.78 is 9.74. The average molecular weight is 303 g/mol. The molecule has 1 heterocycles. The number of hydrogen-bond acceptors (Lipinski definition) is 1. The molecule has 2 aromatic carbocycles. The SMILES string of the molecule is COCCn1c[n+](Cc2ccccc2)c2ccccc21.[Cl-]. The molecule has 3 aromatic rings. The minimum Gasteiger partial charge on any atom is -1.00 e. The molecule has 4 heteroatoms. The maximum Gasteiger partial charge on any atom is 0.245 e. The van der Waals surface area contributed by atoms with E-state index in [1.165, 1.54) is 16.6 Å². The molecule has 3 nitrogen and oxygen atoms in total. The fourth-order valence-corrected chi connectivity index (χ4v) is 2.52. The van der Waals surface area contributed by atoms with Crippen LogP contribution >= 0.6 is 0 Å². The van der Waals surface area contributed by atoms with Crippen LogP contribution in [0.1, 0.15) is 5.56 Å². The summed E-state index contributed by atoms with van der Waals surface area (Å²) in [6, 6.07) is 19.0. The molecule has 21 heavy (non-hydrogen) atoms. The van der Waals surface area contributed by atoms with Gasteiger partial charge in [-0.25, -0.2) is 9.13 Å². The van der Waals surface area contributed by atoms with Crippen LogP contribution in [0.25, 0.3) is 11.0 Å². The number of rotatable bonds is 5. The number of halogens is 1. The van der Waals surface area contributed by atoms with Crippen LogP contribution in [0.2, 0.25) is 0 Å². The molecule has 0 aliphatic carbocycles. The van der Waals surface area contributed by atoms with Gasteiger partial charge in [-0.2, -0.15) is 0 Å². The van der Waals surface area contributed by atoms with Crippen molar-refractivity contribution in [2.24, 2.45) is 0 Å². The third kappa shape index (κ3) is 3.43. The van der Waals surface area contributed by atoms with Gasteiger partial charge in [0.15, 0.2) is 11.0 Å². The van der Waals surface area contributed by atoms with Crippen molar-refractivity contribution in [1.82, 2.24) is 4.57 Å². The van der Waals surface area contributed by atoms with Crippen molar-refractivity contribution in [3.05, 3.63) is 66.5 Å². The van der Waals surface area contributed by atoms with Crippen LogP contribution in [-0.4, -0.2) is 18.3 Å². The highest BCUT2D eigenvalue weighted by atomic mass is 35.5. The van der Waals surface area contributed by atoms with Gasteiger partial charge in [0.2, 0.25) is 6.33 Å². The molecule has 0 N–H and O–H groups in total. The van der Waals surface area contributed by atoms with Crippen LogP contribution in [0.4, 0.5) is 0 Å². The third-order valence-electron chi connectivity index (χ3n) is 3.51. The standard InChI is InChI=1S/C17H19N2O.ClH/c1-20-12-11-18-14-19(13-15-7-3-2-4-8-15)17-10-6-5-9-16(17)18;/h2-10,14H,11-13H2,1H3;1H/q+1;/p-1. The Morgan fingerprint density at radius 3 is 2.48 bits per heavy atom. The molecule has 0 bridgehead atoms. The van der Waals surface area contributed by atoms with Gasteiger partial charge in [0, 0.05) is 7.11 Å². The Hall–Kier alpha value is -1.84. The molecule has 0 fully saturated rings. The summed E-state index contributed by atoms with van der Waals surface area (Å²) in [6.07, 6.45) is 2.18. The van der Waals surface area contributed by atoms with Crippen LogP contribution in [0.15, 0.2) is 60.9 Å². The number of fused-ring (bicyclic) bond motifs is 1. The van der Waals surface area contributed by atoms with Gasteiger partial charge in [0.1, 0.15) is 13.1 Å². The Bertz CT molecular complexity index is 694. The van der Waals surface area contributed by atoms with Gasteiger partial charge < -0.3 is 17.1 Å². The second-order valence-electron chi connectivity index (χ2n) is 4.90. The predicted octanol–water partition coefficient (Wildman–Crippen LogP) is -0.372. The predicted molar refractivity (Wildman–Crippen MR) is 79.6 cm³/mol. The van der Waals surface area contributed by atoms with E-state index >= 15 is 0 Å². The van der Waals surface area contributed by atoms with E-state index < -0.39 is 0 Å². The average Bonchev–Trinajstić information content (AvgIpc) is 2.85. The zero-order chi connectivity index (χ0) is 13.8. The zero-order valence-corrected chi connectivity index (χ0v) is 12.8. The molecule has 0 aliphatic rings. The Morgan fingerprint density at radius 2 is 1.71 bits per heavy atom. The molecular weight excluding hydrogens is 284 g/mol. The van der Waals surface area contributed by atoms with Gasteiger partial charge in [0.25, 0.3) is 0 Å². The number of ether oxygens (including phenoxy) is 1. The topological polar surface area (TPSA) is 18.0 Å². The molecule has 0 aliphatic heterocycles. The van der Waals surface area contributed by atoms with Gasteiger partial charge in [-0.3, -0.25) is 0 Å². The van der Waals surface area contributed by atoms with Crippen molar-refractivity contribution in [2.75, 3.05) is 13.7 Å². The highest BCUT2D eigenvalue weighted by Crippen LogP contribution is 2.11. The maximum atomic E-state index is 5.19. The van der Waals surface area contributed by atoms with Gasteiger partial charge in [-0.15, -0.1) is 0 Å². The molecule has 0 unspecified atom stereocenters. The molecular formula is C17H19ClN2O.